The second kappa shape index (κ2) is 5.39. The van der Waals surface area contributed by atoms with Crippen molar-refractivity contribution >= 4 is 21.8 Å². The molecule has 0 aliphatic carbocycles. The van der Waals surface area contributed by atoms with Crippen LogP contribution < -0.4 is 4.74 Å². The molecule has 4 aromatic rings. The van der Waals surface area contributed by atoms with Crippen LogP contribution in [-0.4, -0.2) is 26.8 Å². The van der Waals surface area contributed by atoms with Crippen molar-refractivity contribution in [1.29, 1.82) is 0 Å². The van der Waals surface area contributed by atoms with Crippen LogP contribution in [0.3, 0.4) is 0 Å². The average Bonchev–Trinajstić information content (AvgIpc) is 3.19. The van der Waals surface area contributed by atoms with E-state index >= 15 is 0 Å². The predicted molar refractivity (Wildman–Crippen MR) is 86.5 cm³/mol. The molecule has 6 heteroatoms. The molecule has 0 radical (unpaired) electrons. The number of rotatable bonds is 4. The summed E-state index contributed by atoms with van der Waals surface area (Å²) in [6.07, 6.45) is 3.95. The van der Waals surface area contributed by atoms with E-state index in [4.69, 9.17) is 9.26 Å². The molecule has 3 aromatic heterocycles. The van der Waals surface area contributed by atoms with Gasteiger partial charge in [-0.3, -0.25) is 4.98 Å². The van der Waals surface area contributed by atoms with Crippen molar-refractivity contribution in [2.75, 3.05) is 7.11 Å². The van der Waals surface area contributed by atoms with Crippen molar-refractivity contribution in [3.05, 3.63) is 48.4 Å². The van der Waals surface area contributed by atoms with E-state index in [0.29, 0.717) is 12.3 Å². The number of benzene rings is 1. The molecule has 116 valence electrons. The lowest BCUT2D eigenvalue weighted by molar-refractivity contribution is 0.372. The zero-order valence-electron chi connectivity index (χ0n) is 13.0. The zero-order chi connectivity index (χ0) is 15.8. The van der Waals surface area contributed by atoms with Gasteiger partial charge in [-0.1, -0.05) is 5.16 Å². The smallest absolute Gasteiger partial charge is 0.228 e. The minimum absolute atomic E-state index is 0.629. The van der Waals surface area contributed by atoms with E-state index in [-0.39, 0.29) is 0 Å². The van der Waals surface area contributed by atoms with Gasteiger partial charge in [0.05, 0.1) is 23.8 Å². The Bertz CT molecular complexity index is 973. The fraction of sp³-hybridized carbons (Fsp3) is 0.235. The molecule has 3 heterocycles. The van der Waals surface area contributed by atoms with Gasteiger partial charge in [0.15, 0.2) is 6.33 Å². The van der Waals surface area contributed by atoms with Crippen molar-refractivity contribution in [3.8, 4) is 5.75 Å². The Balaban J connectivity index is 1.93. The molecule has 1 aromatic carbocycles. The number of ether oxygens (including phenoxy) is 1. The summed E-state index contributed by atoms with van der Waals surface area (Å²) in [5.41, 5.74) is 3.26. The SMILES string of the molecule is COc1ccc2c3ccnc(C)c3n(CCc3ncno3)c2c1. The number of hydrogen-bond acceptors (Lipinski definition) is 5. The first-order valence-corrected chi connectivity index (χ1v) is 7.45. The topological polar surface area (TPSA) is 66.0 Å². The van der Waals surface area contributed by atoms with Crippen LogP contribution in [0, 0.1) is 6.92 Å². The third-order valence-corrected chi connectivity index (χ3v) is 4.12. The number of methoxy groups -OCH3 is 1. The Morgan fingerprint density at radius 2 is 2.09 bits per heavy atom. The standard InChI is InChI=1S/C17H16N4O2/c1-11-17-14(5-7-18-11)13-4-3-12(22-2)9-15(13)21(17)8-6-16-19-10-20-23-16/h3-5,7,9-10H,6,8H2,1-2H3. The Labute approximate surface area is 132 Å². The molecular weight excluding hydrogens is 292 g/mol. The summed E-state index contributed by atoms with van der Waals surface area (Å²) in [6.45, 7) is 2.77. The van der Waals surface area contributed by atoms with Crippen LogP contribution in [0.25, 0.3) is 21.8 Å². The molecule has 6 nitrogen and oxygen atoms in total. The minimum atomic E-state index is 0.629. The number of fused-ring (bicyclic) bond motifs is 3. The highest BCUT2D eigenvalue weighted by Crippen LogP contribution is 2.32. The molecular formula is C17H16N4O2. The largest absolute Gasteiger partial charge is 0.497 e. The van der Waals surface area contributed by atoms with Gasteiger partial charge in [0.25, 0.3) is 0 Å². The number of hydrogen-bond donors (Lipinski definition) is 0. The second-order valence-electron chi connectivity index (χ2n) is 5.41. The summed E-state index contributed by atoms with van der Waals surface area (Å²) in [4.78, 5) is 8.55. The normalized spacial score (nSPS) is 11.4. The van der Waals surface area contributed by atoms with Crippen molar-refractivity contribution in [3.63, 3.8) is 0 Å². The van der Waals surface area contributed by atoms with Crippen molar-refractivity contribution in [2.24, 2.45) is 0 Å². The fourth-order valence-corrected chi connectivity index (χ4v) is 3.07. The molecule has 0 saturated heterocycles. The lowest BCUT2D eigenvalue weighted by Crippen LogP contribution is -2.03. The van der Waals surface area contributed by atoms with E-state index in [1.54, 1.807) is 7.11 Å². The van der Waals surface area contributed by atoms with Crippen LogP contribution in [-0.2, 0) is 13.0 Å². The molecule has 0 unspecified atom stereocenters. The van der Waals surface area contributed by atoms with Gasteiger partial charge in [-0.15, -0.1) is 0 Å². The highest BCUT2D eigenvalue weighted by Gasteiger charge is 2.14. The molecule has 0 N–H and O–H groups in total. The van der Waals surface area contributed by atoms with Crippen LogP contribution in [0.1, 0.15) is 11.6 Å². The molecule has 0 saturated carbocycles. The van der Waals surface area contributed by atoms with Crippen molar-refractivity contribution < 1.29 is 9.26 Å². The molecule has 4 rings (SSSR count). The van der Waals surface area contributed by atoms with Crippen molar-refractivity contribution in [1.82, 2.24) is 19.7 Å². The predicted octanol–water partition coefficient (Wildman–Crippen LogP) is 3.13. The molecule has 0 amide bonds. The molecule has 0 aliphatic heterocycles. The summed E-state index contributed by atoms with van der Waals surface area (Å²) in [6, 6.07) is 8.20. The fourth-order valence-electron chi connectivity index (χ4n) is 3.07. The molecule has 23 heavy (non-hydrogen) atoms. The molecule has 0 bridgehead atoms. The first-order valence-electron chi connectivity index (χ1n) is 7.45. The van der Waals surface area contributed by atoms with Crippen LogP contribution in [0.4, 0.5) is 0 Å². The summed E-state index contributed by atoms with van der Waals surface area (Å²) in [5, 5.41) is 6.05. The van der Waals surface area contributed by atoms with Crippen molar-refractivity contribution in [2.45, 2.75) is 19.9 Å². The Morgan fingerprint density at radius 3 is 2.87 bits per heavy atom. The lowest BCUT2D eigenvalue weighted by atomic mass is 10.1. The first-order chi connectivity index (χ1) is 11.3. The van der Waals surface area contributed by atoms with E-state index in [2.05, 4.69) is 37.9 Å². The number of pyridine rings is 1. The van der Waals surface area contributed by atoms with Gasteiger partial charge < -0.3 is 13.8 Å². The van der Waals surface area contributed by atoms with Gasteiger partial charge in [0.1, 0.15) is 5.75 Å². The highest BCUT2D eigenvalue weighted by atomic mass is 16.5. The Hall–Kier alpha value is -2.89. The summed E-state index contributed by atoms with van der Waals surface area (Å²) in [7, 11) is 1.68. The minimum Gasteiger partial charge on any atom is -0.497 e. The summed E-state index contributed by atoms with van der Waals surface area (Å²) >= 11 is 0. The van der Waals surface area contributed by atoms with Crippen LogP contribution in [0.2, 0.25) is 0 Å². The molecule has 0 fully saturated rings. The van der Waals surface area contributed by atoms with Gasteiger partial charge in [-0.25, -0.2) is 0 Å². The van der Waals surface area contributed by atoms with E-state index in [0.717, 1.165) is 29.0 Å². The highest BCUT2D eigenvalue weighted by molar-refractivity contribution is 6.09. The molecule has 0 aliphatic rings. The van der Waals surface area contributed by atoms with Gasteiger partial charge in [0, 0.05) is 36.0 Å². The van der Waals surface area contributed by atoms with E-state index in [9.17, 15) is 0 Å². The quantitative estimate of drug-likeness (QED) is 0.579. The Kier molecular flexibility index (Phi) is 3.22. The second-order valence-corrected chi connectivity index (χ2v) is 5.41. The summed E-state index contributed by atoms with van der Waals surface area (Å²) in [5.74, 6) is 1.47. The van der Waals surface area contributed by atoms with Gasteiger partial charge in [0.2, 0.25) is 5.89 Å². The number of aromatic nitrogens is 4. The van der Waals surface area contributed by atoms with Gasteiger partial charge >= 0.3 is 0 Å². The molecule has 0 spiro atoms. The Morgan fingerprint density at radius 1 is 1.17 bits per heavy atom. The monoisotopic (exact) mass is 308 g/mol. The number of nitrogens with zero attached hydrogens (tertiary/aromatic N) is 4. The van der Waals surface area contributed by atoms with E-state index in [1.807, 2.05) is 19.2 Å². The lowest BCUT2D eigenvalue weighted by Gasteiger charge is -2.08. The number of aryl methyl sites for hydroxylation is 3. The van der Waals surface area contributed by atoms with Gasteiger partial charge in [-0.2, -0.15) is 4.98 Å². The van der Waals surface area contributed by atoms with E-state index < -0.39 is 0 Å². The summed E-state index contributed by atoms with van der Waals surface area (Å²) < 4.78 is 12.8. The van der Waals surface area contributed by atoms with Crippen LogP contribution >= 0.6 is 0 Å². The maximum absolute atomic E-state index is 5.38. The average molecular weight is 308 g/mol. The third kappa shape index (κ3) is 2.23. The maximum Gasteiger partial charge on any atom is 0.228 e. The first kappa shape index (κ1) is 13.8. The molecule has 0 atom stereocenters. The zero-order valence-corrected chi connectivity index (χ0v) is 13.0. The van der Waals surface area contributed by atoms with Crippen LogP contribution in [0.15, 0.2) is 41.3 Å². The third-order valence-electron chi connectivity index (χ3n) is 4.12. The van der Waals surface area contributed by atoms with Crippen LogP contribution in [0.5, 0.6) is 5.75 Å². The maximum atomic E-state index is 5.38. The van der Waals surface area contributed by atoms with Gasteiger partial charge in [-0.05, 0) is 25.1 Å². The van der Waals surface area contributed by atoms with E-state index in [1.165, 1.54) is 17.1 Å².